The average molecular weight is 192 g/mol. The van der Waals surface area contributed by atoms with Crippen molar-refractivity contribution in [2.75, 3.05) is 7.11 Å². The topological polar surface area (TPSA) is 35.0 Å². The quantitative estimate of drug-likeness (QED) is 0.738. The van der Waals surface area contributed by atoms with Gasteiger partial charge in [0.15, 0.2) is 0 Å². The SMILES string of the molecule is COc1nc(C2CC2)ncc1C(C)C. The van der Waals surface area contributed by atoms with Gasteiger partial charge in [-0.3, -0.25) is 0 Å². The number of nitrogens with zero attached hydrogens (tertiary/aromatic N) is 2. The van der Waals surface area contributed by atoms with Gasteiger partial charge in [-0.25, -0.2) is 4.98 Å². The fraction of sp³-hybridized carbons (Fsp3) is 0.636. The normalized spacial score (nSPS) is 16.0. The van der Waals surface area contributed by atoms with Crippen LogP contribution in [0.25, 0.3) is 0 Å². The molecule has 0 unspecified atom stereocenters. The van der Waals surface area contributed by atoms with E-state index in [0.717, 1.165) is 17.3 Å². The maximum atomic E-state index is 5.27. The van der Waals surface area contributed by atoms with Crippen LogP contribution in [0.2, 0.25) is 0 Å². The van der Waals surface area contributed by atoms with Crippen molar-refractivity contribution in [3.63, 3.8) is 0 Å². The molecule has 1 heterocycles. The summed E-state index contributed by atoms with van der Waals surface area (Å²) in [6, 6.07) is 0. The van der Waals surface area contributed by atoms with Crippen LogP contribution in [0.15, 0.2) is 6.20 Å². The highest BCUT2D eigenvalue weighted by atomic mass is 16.5. The maximum Gasteiger partial charge on any atom is 0.219 e. The summed E-state index contributed by atoms with van der Waals surface area (Å²) < 4.78 is 5.27. The van der Waals surface area contributed by atoms with Gasteiger partial charge in [0.1, 0.15) is 5.82 Å². The Morgan fingerprint density at radius 3 is 2.64 bits per heavy atom. The van der Waals surface area contributed by atoms with E-state index in [1.54, 1.807) is 7.11 Å². The van der Waals surface area contributed by atoms with Crippen LogP contribution in [0.4, 0.5) is 0 Å². The van der Waals surface area contributed by atoms with E-state index in [4.69, 9.17) is 4.74 Å². The Morgan fingerprint density at radius 1 is 1.43 bits per heavy atom. The summed E-state index contributed by atoms with van der Waals surface area (Å²) in [5.74, 6) is 2.70. The van der Waals surface area contributed by atoms with E-state index in [0.29, 0.717) is 11.8 Å². The lowest BCUT2D eigenvalue weighted by molar-refractivity contribution is 0.387. The molecule has 0 radical (unpaired) electrons. The van der Waals surface area contributed by atoms with Gasteiger partial charge in [0, 0.05) is 17.7 Å². The summed E-state index contributed by atoms with van der Waals surface area (Å²) in [4.78, 5) is 8.82. The highest BCUT2D eigenvalue weighted by Gasteiger charge is 2.27. The Kier molecular flexibility index (Phi) is 2.40. The van der Waals surface area contributed by atoms with E-state index in [-0.39, 0.29) is 0 Å². The van der Waals surface area contributed by atoms with Gasteiger partial charge < -0.3 is 4.74 Å². The second-order valence-corrected chi connectivity index (χ2v) is 4.12. The van der Waals surface area contributed by atoms with Gasteiger partial charge in [-0.05, 0) is 18.8 Å². The van der Waals surface area contributed by atoms with Crippen molar-refractivity contribution in [1.29, 1.82) is 0 Å². The van der Waals surface area contributed by atoms with E-state index in [1.807, 2.05) is 6.20 Å². The fourth-order valence-corrected chi connectivity index (χ4v) is 1.49. The minimum atomic E-state index is 0.415. The molecule has 0 N–H and O–H groups in total. The molecule has 14 heavy (non-hydrogen) atoms. The molecule has 1 fully saturated rings. The first-order chi connectivity index (χ1) is 6.72. The first-order valence-corrected chi connectivity index (χ1v) is 5.13. The Bertz CT molecular complexity index is 332. The molecule has 0 atom stereocenters. The molecule has 0 bridgehead atoms. The molecule has 0 saturated heterocycles. The lowest BCUT2D eigenvalue weighted by Gasteiger charge is -2.10. The third-order valence-electron chi connectivity index (χ3n) is 2.56. The molecule has 0 aromatic carbocycles. The van der Waals surface area contributed by atoms with Gasteiger partial charge in [0.2, 0.25) is 5.88 Å². The van der Waals surface area contributed by atoms with Crippen molar-refractivity contribution in [1.82, 2.24) is 9.97 Å². The molecule has 1 aliphatic carbocycles. The molecule has 1 aromatic heterocycles. The summed E-state index contributed by atoms with van der Waals surface area (Å²) in [6.07, 6.45) is 4.36. The third kappa shape index (κ3) is 1.72. The monoisotopic (exact) mass is 192 g/mol. The minimum Gasteiger partial charge on any atom is -0.481 e. The number of ether oxygens (including phenoxy) is 1. The molecule has 1 saturated carbocycles. The number of aromatic nitrogens is 2. The van der Waals surface area contributed by atoms with Crippen molar-refractivity contribution in [3.05, 3.63) is 17.6 Å². The van der Waals surface area contributed by atoms with Crippen molar-refractivity contribution in [3.8, 4) is 5.88 Å². The Balaban J connectivity index is 2.33. The summed E-state index contributed by atoms with van der Waals surface area (Å²) in [5, 5.41) is 0. The van der Waals surface area contributed by atoms with Gasteiger partial charge in [-0.1, -0.05) is 13.8 Å². The van der Waals surface area contributed by atoms with Gasteiger partial charge in [0.05, 0.1) is 7.11 Å². The predicted molar refractivity (Wildman–Crippen MR) is 54.6 cm³/mol. The van der Waals surface area contributed by atoms with Crippen molar-refractivity contribution >= 4 is 0 Å². The smallest absolute Gasteiger partial charge is 0.219 e. The minimum absolute atomic E-state index is 0.415. The molecule has 0 amide bonds. The van der Waals surface area contributed by atoms with Crippen LogP contribution in [0.3, 0.4) is 0 Å². The lowest BCUT2D eigenvalue weighted by atomic mass is 10.1. The molecule has 2 rings (SSSR count). The maximum absolute atomic E-state index is 5.27. The summed E-state index contributed by atoms with van der Waals surface area (Å²) in [6.45, 7) is 4.25. The van der Waals surface area contributed by atoms with E-state index >= 15 is 0 Å². The van der Waals surface area contributed by atoms with Crippen molar-refractivity contribution in [2.45, 2.75) is 38.5 Å². The van der Waals surface area contributed by atoms with Gasteiger partial charge >= 0.3 is 0 Å². The zero-order chi connectivity index (χ0) is 10.1. The van der Waals surface area contributed by atoms with Gasteiger partial charge in [-0.2, -0.15) is 4.98 Å². The molecule has 1 aromatic rings. The first kappa shape index (κ1) is 9.44. The highest BCUT2D eigenvalue weighted by molar-refractivity contribution is 5.28. The average Bonchev–Trinajstić information content (AvgIpc) is 3.00. The second kappa shape index (κ2) is 3.56. The van der Waals surface area contributed by atoms with Crippen LogP contribution in [0.5, 0.6) is 5.88 Å². The number of hydrogen-bond acceptors (Lipinski definition) is 3. The van der Waals surface area contributed by atoms with E-state index < -0.39 is 0 Å². The highest BCUT2D eigenvalue weighted by Crippen LogP contribution is 2.39. The molecule has 3 nitrogen and oxygen atoms in total. The molecule has 1 aliphatic rings. The third-order valence-corrected chi connectivity index (χ3v) is 2.56. The largest absolute Gasteiger partial charge is 0.481 e. The van der Waals surface area contributed by atoms with E-state index in [1.165, 1.54) is 12.8 Å². The number of hydrogen-bond donors (Lipinski definition) is 0. The standard InChI is InChI=1S/C11H16N2O/c1-7(2)9-6-12-10(8-4-5-8)13-11(9)14-3/h6-8H,4-5H2,1-3H3. The van der Waals surface area contributed by atoms with Crippen LogP contribution in [0, 0.1) is 0 Å². The molecule has 76 valence electrons. The van der Waals surface area contributed by atoms with Crippen LogP contribution < -0.4 is 4.74 Å². The van der Waals surface area contributed by atoms with Crippen LogP contribution >= 0.6 is 0 Å². The second-order valence-electron chi connectivity index (χ2n) is 4.12. The molecular formula is C11H16N2O. The Morgan fingerprint density at radius 2 is 2.14 bits per heavy atom. The van der Waals surface area contributed by atoms with Crippen molar-refractivity contribution in [2.24, 2.45) is 0 Å². The van der Waals surface area contributed by atoms with Crippen LogP contribution in [-0.2, 0) is 0 Å². The summed E-state index contributed by atoms with van der Waals surface area (Å²) in [5.41, 5.74) is 1.09. The molecule has 0 aliphatic heterocycles. The predicted octanol–water partition coefficient (Wildman–Crippen LogP) is 2.49. The van der Waals surface area contributed by atoms with Gasteiger partial charge in [0.25, 0.3) is 0 Å². The Labute approximate surface area is 84.5 Å². The molecular weight excluding hydrogens is 176 g/mol. The zero-order valence-corrected chi connectivity index (χ0v) is 8.95. The van der Waals surface area contributed by atoms with Crippen molar-refractivity contribution < 1.29 is 4.74 Å². The first-order valence-electron chi connectivity index (χ1n) is 5.13. The zero-order valence-electron chi connectivity index (χ0n) is 8.95. The molecule has 3 heteroatoms. The summed E-state index contributed by atoms with van der Waals surface area (Å²) in [7, 11) is 1.67. The summed E-state index contributed by atoms with van der Waals surface area (Å²) >= 11 is 0. The lowest BCUT2D eigenvalue weighted by Crippen LogP contribution is -2.02. The Hall–Kier alpha value is -1.12. The number of methoxy groups -OCH3 is 1. The fourth-order valence-electron chi connectivity index (χ4n) is 1.49. The van der Waals surface area contributed by atoms with E-state index in [9.17, 15) is 0 Å². The van der Waals surface area contributed by atoms with Gasteiger partial charge in [-0.15, -0.1) is 0 Å². The van der Waals surface area contributed by atoms with Crippen LogP contribution in [0.1, 0.15) is 49.9 Å². The van der Waals surface area contributed by atoms with E-state index in [2.05, 4.69) is 23.8 Å². The van der Waals surface area contributed by atoms with Crippen LogP contribution in [-0.4, -0.2) is 17.1 Å². The number of rotatable bonds is 3. The molecule has 0 spiro atoms.